The quantitative estimate of drug-likeness (QED) is 0.453. The van der Waals surface area contributed by atoms with Crippen LogP contribution < -0.4 is 0 Å². The number of aliphatic imine (C=N–C) groups is 1. The molecule has 2 atom stereocenters. The van der Waals surface area contributed by atoms with Crippen molar-refractivity contribution in [2.75, 3.05) is 19.7 Å². The maximum Gasteiger partial charge on any atom is 0.315 e. The highest BCUT2D eigenvalue weighted by atomic mass is 35.5. The number of aromatic nitrogens is 3. The van der Waals surface area contributed by atoms with E-state index in [9.17, 15) is 23.6 Å². The number of rotatable bonds is 4. The number of nitrogens with zero attached hydrogens (tertiary/aromatic N) is 5. The summed E-state index contributed by atoms with van der Waals surface area (Å²) in [7, 11) is 1.53. The minimum atomic E-state index is -1.07. The second-order valence-electron chi connectivity index (χ2n) is 8.51. The fourth-order valence-electron chi connectivity index (χ4n) is 4.94. The molecule has 35 heavy (non-hydrogen) atoms. The molecule has 1 aliphatic carbocycles. The molecule has 1 aromatic rings. The molecular weight excluding hydrogens is 481 g/mol. The standard InChI is InChI=1S/C23H19ClFN5O5/c1-29-18(8-27-28-29)19(32)10-35-23(34)14-9-30-17(2-3-20(30)33)13-6-26-7-15(24)22-12(21(13)14)4-11(31)5-16(22)25/h4-5,7-8,14,17H,2-3,6,9-10H2,1H3/b22-15-,26-7?. The summed E-state index contributed by atoms with van der Waals surface area (Å²) in [4.78, 5) is 56.6. The van der Waals surface area contributed by atoms with Crippen molar-refractivity contribution in [2.24, 2.45) is 18.0 Å². The molecule has 3 aliphatic heterocycles. The number of ketones is 2. The SMILES string of the molecule is Cn1nncc1C(=O)COC(=O)C1CN2C(=O)CCC2C2=C1C1=CC(=O)C=C(F)/C1=C(\Cl)C=NC2. The van der Waals surface area contributed by atoms with Gasteiger partial charge in [0.25, 0.3) is 0 Å². The van der Waals surface area contributed by atoms with Crippen molar-refractivity contribution in [2.45, 2.75) is 18.9 Å². The first-order valence-electron chi connectivity index (χ1n) is 10.9. The molecule has 2 unspecified atom stereocenters. The Morgan fingerprint density at radius 2 is 2.09 bits per heavy atom. The monoisotopic (exact) mass is 499 g/mol. The van der Waals surface area contributed by atoms with E-state index in [4.69, 9.17) is 16.3 Å². The minimum absolute atomic E-state index is 0.0139. The van der Waals surface area contributed by atoms with Gasteiger partial charge in [-0.05, 0) is 29.2 Å². The number of amides is 1. The predicted molar refractivity (Wildman–Crippen MR) is 120 cm³/mol. The summed E-state index contributed by atoms with van der Waals surface area (Å²) in [6.07, 6.45) is 5.40. The lowest BCUT2D eigenvalue weighted by Crippen LogP contribution is -2.47. The number of carbonyl (C=O) groups is 4. The lowest BCUT2D eigenvalue weighted by Gasteiger charge is -2.39. The molecule has 10 nitrogen and oxygen atoms in total. The highest BCUT2D eigenvalue weighted by Gasteiger charge is 2.46. The lowest BCUT2D eigenvalue weighted by atomic mass is 9.76. The van der Waals surface area contributed by atoms with Crippen molar-refractivity contribution in [3.8, 4) is 0 Å². The first-order valence-corrected chi connectivity index (χ1v) is 11.2. The van der Waals surface area contributed by atoms with Gasteiger partial charge in [0.05, 0.1) is 23.8 Å². The predicted octanol–water partition coefficient (Wildman–Crippen LogP) is 1.40. The van der Waals surface area contributed by atoms with Gasteiger partial charge in [0.15, 0.2) is 12.4 Å². The van der Waals surface area contributed by atoms with Crippen molar-refractivity contribution < 1.29 is 28.3 Å². The van der Waals surface area contributed by atoms with Crippen LogP contribution in [0.15, 0.2) is 56.5 Å². The van der Waals surface area contributed by atoms with Crippen molar-refractivity contribution in [3.05, 3.63) is 57.2 Å². The normalized spacial score (nSPS) is 25.9. The summed E-state index contributed by atoms with van der Waals surface area (Å²) in [5.74, 6) is -3.94. The van der Waals surface area contributed by atoms with Gasteiger partial charge < -0.3 is 9.64 Å². The Labute approximate surface area is 203 Å². The zero-order valence-electron chi connectivity index (χ0n) is 18.5. The van der Waals surface area contributed by atoms with E-state index in [-0.39, 0.29) is 53.3 Å². The molecule has 0 radical (unpaired) electrons. The molecule has 180 valence electrons. The van der Waals surface area contributed by atoms with Crippen LogP contribution >= 0.6 is 11.6 Å². The topological polar surface area (TPSA) is 124 Å². The van der Waals surface area contributed by atoms with Crippen LogP contribution in [-0.4, -0.2) is 75.3 Å². The second-order valence-corrected chi connectivity index (χ2v) is 8.92. The Morgan fingerprint density at radius 3 is 2.83 bits per heavy atom. The van der Waals surface area contributed by atoms with Crippen LogP contribution in [-0.2, 0) is 26.2 Å². The van der Waals surface area contributed by atoms with E-state index >= 15 is 0 Å². The van der Waals surface area contributed by atoms with Gasteiger partial charge in [-0.2, -0.15) is 0 Å². The molecule has 1 aromatic heterocycles. The Hall–Kier alpha value is -3.73. The summed E-state index contributed by atoms with van der Waals surface area (Å²) in [5.41, 5.74) is 1.26. The summed E-state index contributed by atoms with van der Waals surface area (Å²) < 4.78 is 21.5. The van der Waals surface area contributed by atoms with Crippen molar-refractivity contribution in [1.82, 2.24) is 19.9 Å². The van der Waals surface area contributed by atoms with Crippen LogP contribution in [0.5, 0.6) is 0 Å². The zero-order valence-corrected chi connectivity index (χ0v) is 19.3. The molecule has 0 aromatic carbocycles. The highest BCUT2D eigenvalue weighted by molar-refractivity contribution is 6.40. The Bertz CT molecular complexity index is 1340. The number of carbonyl (C=O) groups excluding carboxylic acids is 4. The van der Waals surface area contributed by atoms with Gasteiger partial charge in [-0.3, -0.25) is 24.2 Å². The van der Waals surface area contributed by atoms with Crippen molar-refractivity contribution >= 4 is 41.3 Å². The lowest BCUT2D eigenvalue weighted by molar-refractivity contribution is -0.147. The zero-order chi connectivity index (χ0) is 24.9. The number of esters is 1. The Morgan fingerprint density at radius 1 is 1.29 bits per heavy atom. The second kappa shape index (κ2) is 8.81. The third-order valence-corrected chi connectivity index (χ3v) is 6.78. The average Bonchev–Trinajstić information content (AvgIpc) is 3.40. The minimum Gasteiger partial charge on any atom is -0.457 e. The number of aryl methyl sites for hydroxylation is 1. The van der Waals surface area contributed by atoms with Crippen LogP contribution in [0.25, 0.3) is 0 Å². The molecule has 0 bridgehead atoms. The third-order valence-electron chi connectivity index (χ3n) is 6.49. The van der Waals surface area contributed by atoms with Crippen LogP contribution in [0.2, 0.25) is 0 Å². The van der Waals surface area contributed by atoms with Crippen LogP contribution in [0.3, 0.4) is 0 Å². The van der Waals surface area contributed by atoms with Crippen LogP contribution in [0, 0.1) is 5.92 Å². The largest absolute Gasteiger partial charge is 0.457 e. The van der Waals surface area contributed by atoms with Crippen LogP contribution in [0.4, 0.5) is 4.39 Å². The van der Waals surface area contributed by atoms with E-state index in [0.717, 1.165) is 6.08 Å². The average molecular weight is 500 g/mol. The molecule has 4 heterocycles. The first kappa shape index (κ1) is 23.0. The van der Waals surface area contributed by atoms with Gasteiger partial charge in [0, 0.05) is 37.9 Å². The van der Waals surface area contributed by atoms with E-state index in [1.807, 2.05) is 0 Å². The van der Waals surface area contributed by atoms with E-state index in [0.29, 0.717) is 17.6 Å². The van der Waals surface area contributed by atoms with Gasteiger partial charge in [0.1, 0.15) is 17.4 Å². The summed E-state index contributed by atoms with van der Waals surface area (Å²) >= 11 is 6.31. The maximum absolute atomic E-state index is 14.9. The summed E-state index contributed by atoms with van der Waals surface area (Å²) in [6.45, 7) is -0.508. The number of Topliss-reactive ketones (excluding diaryl/α,β-unsaturated/α-hetero) is 1. The molecule has 1 saturated heterocycles. The summed E-state index contributed by atoms with van der Waals surface area (Å²) in [6, 6.07) is -0.344. The van der Waals surface area contributed by atoms with Gasteiger partial charge >= 0.3 is 5.97 Å². The number of halogens is 2. The van der Waals surface area contributed by atoms with Crippen molar-refractivity contribution in [3.63, 3.8) is 0 Å². The number of hydrogen-bond acceptors (Lipinski definition) is 8. The smallest absolute Gasteiger partial charge is 0.315 e. The Balaban J connectivity index is 1.55. The molecule has 0 spiro atoms. The molecule has 0 N–H and O–H groups in total. The van der Waals surface area contributed by atoms with Gasteiger partial charge in [-0.15, -0.1) is 5.10 Å². The molecule has 4 aliphatic rings. The van der Waals surface area contributed by atoms with E-state index in [1.54, 1.807) is 4.90 Å². The molecule has 5 rings (SSSR count). The van der Waals surface area contributed by atoms with E-state index in [1.165, 1.54) is 30.2 Å². The Kier molecular flexibility index (Phi) is 5.79. The van der Waals surface area contributed by atoms with Gasteiger partial charge in [0.2, 0.25) is 11.7 Å². The van der Waals surface area contributed by atoms with Crippen LogP contribution in [0.1, 0.15) is 23.3 Å². The van der Waals surface area contributed by atoms with E-state index < -0.39 is 35.9 Å². The van der Waals surface area contributed by atoms with Gasteiger partial charge in [-0.25, -0.2) is 9.07 Å². The number of ether oxygens (including phenoxy) is 1. The number of fused-ring (bicyclic) bond motifs is 4. The van der Waals surface area contributed by atoms with Gasteiger partial charge in [-0.1, -0.05) is 16.8 Å². The number of allylic oxidation sites excluding steroid dienone is 6. The molecule has 1 amide bonds. The highest BCUT2D eigenvalue weighted by Crippen LogP contribution is 2.45. The molecule has 1 fully saturated rings. The number of hydrogen-bond donors (Lipinski definition) is 0. The maximum atomic E-state index is 14.9. The molecule has 12 heteroatoms. The fraction of sp³-hybridized carbons (Fsp3) is 0.348. The third kappa shape index (κ3) is 3.95. The molecule has 0 saturated carbocycles. The fourth-order valence-corrected chi connectivity index (χ4v) is 5.20. The first-order chi connectivity index (χ1) is 16.8. The van der Waals surface area contributed by atoms with Crippen molar-refractivity contribution in [1.29, 1.82) is 0 Å². The van der Waals surface area contributed by atoms with E-state index in [2.05, 4.69) is 15.3 Å². The molecular formula is C23H19ClFN5O5. The summed E-state index contributed by atoms with van der Waals surface area (Å²) in [5, 5.41) is 7.30.